The van der Waals surface area contributed by atoms with Gasteiger partial charge in [-0.2, -0.15) is 0 Å². The normalized spacial score (nSPS) is 14.1. The number of hydrogen-bond acceptors (Lipinski definition) is 3. The van der Waals surface area contributed by atoms with Crippen molar-refractivity contribution in [3.63, 3.8) is 0 Å². The Labute approximate surface area is 114 Å². The van der Waals surface area contributed by atoms with Crippen molar-refractivity contribution in [2.45, 2.75) is 33.1 Å². The van der Waals surface area contributed by atoms with Crippen molar-refractivity contribution in [1.82, 2.24) is 0 Å². The summed E-state index contributed by atoms with van der Waals surface area (Å²) in [5, 5.41) is 2.20. The van der Waals surface area contributed by atoms with Crippen LogP contribution in [-0.2, 0) is 0 Å². The van der Waals surface area contributed by atoms with E-state index >= 15 is 0 Å². The first kappa shape index (κ1) is 13.4. The molecule has 0 aliphatic carbocycles. The second kappa shape index (κ2) is 6.79. The molecule has 2 rings (SSSR count). The standard InChI is InChI=1S/C14H19BO2S/c1-3-5-8-12(11-18-4-2)15-16-13-9-6-7-10-14(13)17-15/h6-7,9-11H,3-5,8H2,1-2H3/b12-11+. The molecule has 1 aliphatic heterocycles. The first-order valence-corrected chi connectivity index (χ1v) is 7.63. The molecule has 0 unspecified atom stereocenters. The van der Waals surface area contributed by atoms with Crippen LogP contribution in [0.25, 0.3) is 0 Å². The summed E-state index contributed by atoms with van der Waals surface area (Å²) < 4.78 is 11.7. The average molecular weight is 262 g/mol. The van der Waals surface area contributed by atoms with E-state index in [9.17, 15) is 0 Å². The van der Waals surface area contributed by atoms with Gasteiger partial charge in [-0.25, -0.2) is 0 Å². The highest BCUT2D eigenvalue weighted by atomic mass is 32.2. The fourth-order valence-electron chi connectivity index (χ4n) is 1.85. The molecule has 1 aliphatic rings. The van der Waals surface area contributed by atoms with E-state index < -0.39 is 0 Å². The van der Waals surface area contributed by atoms with Gasteiger partial charge < -0.3 is 9.31 Å². The Morgan fingerprint density at radius 1 is 1.22 bits per heavy atom. The molecule has 0 bridgehead atoms. The molecule has 0 N–H and O–H groups in total. The van der Waals surface area contributed by atoms with Crippen LogP contribution in [0.3, 0.4) is 0 Å². The summed E-state index contributed by atoms with van der Waals surface area (Å²) in [5.74, 6) is 2.78. The van der Waals surface area contributed by atoms with Crippen LogP contribution in [0, 0.1) is 0 Å². The Kier molecular flexibility index (Phi) is 5.06. The SMILES string of the molecule is CCCC/C(=C\SCC)B1Oc2ccccc2O1. The van der Waals surface area contributed by atoms with Crippen LogP contribution in [0.5, 0.6) is 11.5 Å². The fraction of sp³-hybridized carbons (Fsp3) is 0.429. The molecular formula is C14H19BO2S. The van der Waals surface area contributed by atoms with Gasteiger partial charge in [-0.05, 0) is 35.2 Å². The topological polar surface area (TPSA) is 18.5 Å². The third-order valence-corrected chi connectivity index (χ3v) is 3.64. The Morgan fingerprint density at radius 2 is 1.89 bits per heavy atom. The Hall–Kier alpha value is -1.03. The Balaban J connectivity index is 2.05. The summed E-state index contributed by atoms with van der Waals surface area (Å²) in [7, 11) is -0.229. The van der Waals surface area contributed by atoms with Crippen LogP contribution in [0.4, 0.5) is 0 Å². The molecule has 1 aromatic carbocycles. The molecule has 0 spiro atoms. The highest BCUT2D eigenvalue weighted by Crippen LogP contribution is 2.35. The molecule has 0 saturated carbocycles. The van der Waals surface area contributed by atoms with Gasteiger partial charge >= 0.3 is 7.12 Å². The van der Waals surface area contributed by atoms with Gasteiger partial charge in [-0.1, -0.05) is 38.8 Å². The van der Waals surface area contributed by atoms with Crippen molar-refractivity contribution in [1.29, 1.82) is 0 Å². The monoisotopic (exact) mass is 262 g/mol. The number of allylic oxidation sites excluding steroid dienone is 1. The maximum Gasteiger partial charge on any atom is 0.629 e. The molecule has 4 heteroatoms. The van der Waals surface area contributed by atoms with E-state index in [2.05, 4.69) is 19.3 Å². The summed E-state index contributed by atoms with van der Waals surface area (Å²) in [6.45, 7) is 4.36. The molecule has 1 aromatic rings. The van der Waals surface area contributed by atoms with E-state index in [1.54, 1.807) is 0 Å². The minimum Gasteiger partial charge on any atom is -0.519 e. The number of unbranched alkanes of at least 4 members (excludes halogenated alkanes) is 1. The molecule has 0 aromatic heterocycles. The molecular weight excluding hydrogens is 243 g/mol. The average Bonchev–Trinajstić information content (AvgIpc) is 2.82. The van der Waals surface area contributed by atoms with E-state index in [0.29, 0.717) is 0 Å². The maximum absolute atomic E-state index is 5.86. The van der Waals surface area contributed by atoms with Crippen LogP contribution in [0.15, 0.2) is 35.1 Å². The van der Waals surface area contributed by atoms with Crippen molar-refractivity contribution in [3.8, 4) is 11.5 Å². The van der Waals surface area contributed by atoms with Crippen molar-refractivity contribution >= 4 is 18.9 Å². The largest absolute Gasteiger partial charge is 0.629 e. The predicted molar refractivity (Wildman–Crippen MR) is 79.2 cm³/mol. The summed E-state index contributed by atoms with van der Waals surface area (Å²) >= 11 is 1.81. The summed E-state index contributed by atoms with van der Waals surface area (Å²) in [5.41, 5.74) is 1.25. The lowest BCUT2D eigenvalue weighted by atomic mass is 9.77. The quantitative estimate of drug-likeness (QED) is 0.711. The van der Waals surface area contributed by atoms with E-state index in [4.69, 9.17) is 9.31 Å². The van der Waals surface area contributed by atoms with Crippen molar-refractivity contribution in [3.05, 3.63) is 35.1 Å². The third kappa shape index (κ3) is 3.25. The molecule has 2 nitrogen and oxygen atoms in total. The van der Waals surface area contributed by atoms with Gasteiger partial charge in [0.25, 0.3) is 0 Å². The molecule has 0 atom stereocenters. The van der Waals surface area contributed by atoms with E-state index in [1.807, 2.05) is 36.0 Å². The summed E-state index contributed by atoms with van der Waals surface area (Å²) in [4.78, 5) is 0. The smallest absolute Gasteiger partial charge is 0.519 e. The highest BCUT2D eigenvalue weighted by Gasteiger charge is 2.35. The lowest BCUT2D eigenvalue weighted by molar-refractivity contribution is 0.507. The van der Waals surface area contributed by atoms with E-state index in [0.717, 1.165) is 23.7 Å². The second-order valence-corrected chi connectivity index (χ2v) is 5.41. The van der Waals surface area contributed by atoms with Crippen molar-refractivity contribution in [2.75, 3.05) is 5.75 Å². The number of thioether (sulfide) groups is 1. The number of hydrogen-bond donors (Lipinski definition) is 0. The van der Waals surface area contributed by atoms with Crippen molar-refractivity contribution in [2.24, 2.45) is 0 Å². The summed E-state index contributed by atoms with van der Waals surface area (Å²) in [6.07, 6.45) is 3.41. The van der Waals surface area contributed by atoms with Gasteiger partial charge in [-0.15, -0.1) is 11.8 Å². The number of rotatable bonds is 6. The van der Waals surface area contributed by atoms with Gasteiger partial charge in [0.15, 0.2) is 0 Å². The van der Waals surface area contributed by atoms with Crippen LogP contribution in [-0.4, -0.2) is 12.9 Å². The van der Waals surface area contributed by atoms with Crippen LogP contribution >= 0.6 is 11.8 Å². The minimum atomic E-state index is -0.229. The van der Waals surface area contributed by atoms with Gasteiger partial charge in [0.1, 0.15) is 11.5 Å². The lowest BCUT2D eigenvalue weighted by Gasteiger charge is -2.09. The van der Waals surface area contributed by atoms with Crippen molar-refractivity contribution < 1.29 is 9.31 Å². The predicted octanol–water partition coefficient (Wildman–Crippen LogP) is 4.31. The van der Waals surface area contributed by atoms with Crippen LogP contribution in [0.2, 0.25) is 0 Å². The molecule has 18 heavy (non-hydrogen) atoms. The number of benzene rings is 1. The third-order valence-electron chi connectivity index (χ3n) is 2.84. The van der Waals surface area contributed by atoms with Gasteiger partial charge in [0, 0.05) is 0 Å². The van der Waals surface area contributed by atoms with Gasteiger partial charge in [0.05, 0.1) is 0 Å². The lowest BCUT2D eigenvalue weighted by Crippen LogP contribution is -2.27. The van der Waals surface area contributed by atoms with E-state index in [-0.39, 0.29) is 7.12 Å². The maximum atomic E-state index is 5.86. The zero-order chi connectivity index (χ0) is 12.8. The van der Waals surface area contributed by atoms with Crippen LogP contribution in [0.1, 0.15) is 33.1 Å². The highest BCUT2D eigenvalue weighted by molar-refractivity contribution is 8.02. The molecule has 1 heterocycles. The molecule has 0 saturated heterocycles. The van der Waals surface area contributed by atoms with Crippen LogP contribution < -0.4 is 9.31 Å². The Bertz CT molecular complexity index is 395. The Morgan fingerprint density at radius 3 is 2.44 bits per heavy atom. The summed E-state index contributed by atoms with van der Waals surface area (Å²) in [6, 6.07) is 7.86. The molecule has 0 fully saturated rings. The van der Waals surface area contributed by atoms with Gasteiger partial charge in [0.2, 0.25) is 0 Å². The first-order valence-electron chi connectivity index (χ1n) is 6.58. The minimum absolute atomic E-state index is 0.229. The van der Waals surface area contributed by atoms with E-state index in [1.165, 1.54) is 18.3 Å². The second-order valence-electron chi connectivity index (χ2n) is 4.27. The zero-order valence-electron chi connectivity index (χ0n) is 11.0. The zero-order valence-corrected chi connectivity index (χ0v) is 11.8. The molecule has 0 radical (unpaired) electrons. The fourth-order valence-corrected chi connectivity index (χ4v) is 2.46. The molecule has 0 amide bonds. The van der Waals surface area contributed by atoms with Gasteiger partial charge in [-0.3, -0.25) is 0 Å². The number of para-hydroxylation sites is 2. The first-order chi connectivity index (χ1) is 8.85. The molecule has 96 valence electrons. The number of fused-ring (bicyclic) bond motifs is 1.